The van der Waals surface area contributed by atoms with Gasteiger partial charge in [-0.05, 0) is 11.3 Å². The van der Waals surface area contributed by atoms with Crippen LogP contribution < -0.4 is 0 Å². The SMILES string of the molecule is CC(C)(C)C1CC(=O)N(CCOCCS)C1. The maximum absolute atomic E-state index is 11.8. The van der Waals surface area contributed by atoms with Gasteiger partial charge in [0.2, 0.25) is 5.91 Å². The van der Waals surface area contributed by atoms with Crippen LogP contribution in [0.2, 0.25) is 0 Å². The summed E-state index contributed by atoms with van der Waals surface area (Å²) in [7, 11) is 0. The Morgan fingerprint density at radius 1 is 1.44 bits per heavy atom. The monoisotopic (exact) mass is 245 g/mol. The molecule has 1 aliphatic rings. The van der Waals surface area contributed by atoms with Crippen LogP contribution in [0.25, 0.3) is 0 Å². The molecule has 1 amide bonds. The predicted octanol–water partition coefficient (Wildman–Crippen LogP) is 1.83. The molecule has 0 aliphatic carbocycles. The molecule has 1 aliphatic heterocycles. The molecular formula is C12H23NO2S. The molecule has 1 heterocycles. The van der Waals surface area contributed by atoms with Crippen LogP contribution in [-0.2, 0) is 9.53 Å². The number of hydrogen-bond donors (Lipinski definition) is 1. The van der Waals surface area contributed by atoms with Crippen molar-refractivity contribution in [3.05, 3.63) is 0 Å². The summed E-state index contributed by atoms with van der Waals surface area (Å²) < 4.78 is 5.34. The normalized spacial score (nSPS) is 21.9. The lowest BCUT2D eigenvalue weighted by Gasteiger charge is -2.26. The van der Waals surface area contributed by atoms with Crippen molar-refractivity contribution in [1.29, 1.82) is 0 Å². The van der Waals surface area contributed by atoms with Gasteiger partial charge in [0.05, 0.1) is 13.2 Å². The van der Waals surface area contributed by atoms with Gasteiger partial charge in [0, 0.05) is 25.3 Å². The summed E-state index contributed by atoms with van der Waals surface area (Å²) >= 11 is 4.07. The molecule has 1 rings (SSSR count). The molecule has 1 fully saturated rings. The predicted molar refractivity (Wildman–Crippen MR) is 68.8 cm³/mol. The highest BCUT2D eigenvalue weighted by Crippen LogP contribution is 2.33. The molecule has 0 saturated carbocycles. The van der Waals surface area contributed by atoms with Crippen molar-refractivity contribution in [2.45, 2.75) is 27.2 Å². The topological polar surface area (TPSA) is 29.5 Å². The molecule has 0 radical (unpaired) electrons. The van der Waals surface area contributed by atoms with E-state index in [0.717, 1.165) is 18.8 Å². The summed E-state index contributed by atoms with van der Waals surface area (Å²) in [5.74, 6) is 1.48. The van der Waals surface area contributed by atoms with Crippen LogP contribution in [0.15, 0.2) is 0 Å². The molecule has 1 saturated heterocycles. The Labute approximate surface area is 104 Å². The van der Waals surface area contributed by atoms with Crippen LogP contribution in [0.1, 0.15) is 27.2 Å². The summed E-state index contributed by atoms with van der Waals surface area (Å²) in [5, 5.41) is 0. The van der Waals surface area contributed by atoms with Crippen molar-refractivity contribution >= 4 is 18.5 Å². The van der Waals surface area contributed by atoms with Crippen LogP contribution in [-0.4, -0.2) is 42.9 Å². The first-order valence-electron chi connectivity index (χ1n) is 5.91. The third-order valence-electron chi connectivity index (χ3n) is 3.18. The summed E-state index contributed by atoms with van der Waals surface area (Å²) in [5.41, 5.74) is 0.219. The smallest absolute Gasteiger partial charge is 0.223 e. The maximum Gasteiger partial charge on any atom is 0.223 e. The molecule has 0 bridgehead atoms. The second kappa shape index (κ2) is 5.92. The average Bonchev–Trinajstić information content (AvgIpc) is 2.55. The minimum atomic E-state index is 0.219. The van der Waals surface area contributed by atoms with Crippen molar-refractivity contribution in [3.63, 3.8) is 0 Å². The third kappa shape index (κ3) is 3.98. The van der Waals surface area contributed by atoms with Gasteiger partial charge in [0.1, 0.15) is 0 Å². The lowest BCUT2D eigenvalue weighted by Crippen LogP contribution is -2.30. The Hall–Kier alpha value is -0.220. The van der Waals surface area contributed by atoms with E-state index in [1.165, 1.54) is 0 Å². The minimum Gasteiger partial charge on any atom is -0.379 e. The standard InChI is InChI=1S/C12H23NO2S/c1-12(2,3)10-8-11(14)13(9-10)4-5-15-6-7-16/h10,16H,4-9H2,1-3H3. The van der Waals surface area contributed by atoms with Gasteiger partial charge in [-0.15, -0.1) is 0 Å². The van der Waals surface area contributed by atoms with Crippen LogP contribution in [0, 0.1) is 11.3 Å². The van der Waals surface area contributed by atoms with Gasteiger partial charge in [-0.25, -0.2) is 0 Å². The lowest BCUT2D eigenvalue weighted by molar-refractivity contribution is -0.128. The second-order valence-corrected chi connectivity index (χ2v) is 5.89. The molecule has 3 nitrogen and oxygen atoms in total. The van der Waals surface area contributed by atoms with E-state index in [0.29, 0.717) is 25.6 Å². The van der Waals surface area contributed by atoms with Crippen LogP contribution in [0.5, 0.6) is 0 Å². The Bertz CT molecular complexity index is 238. The third-order valence-corrected chi connectivity index (χ3v) is 3.36. The molecule has 16 heavy (non-hydrogen) atoms. The van der Waals surface area contributed by atoms with E-state index in [1.807, 2.05) is 4.90 Å². The molecule has 0 N–H and O–H groups in total. The summed E-state index contributed by atoms with van der Waals surface area (Å²) in [6.07, 6.45) is 0.691. The lowest BCUT2D eigenvalue weighted by atomic mass is 9.80. The van der Waals surface area contributed by atoms with E-state index in [1.54, 1.807) is 0 Å². The van der Waals surface area contributed by atoms with Crippen molar-refractivity contribution in [3.8, 4) is 0 Å². The minimum absolute atomic E-state index is 0.219. The van der Waals surface area contributed by atoms with E-state index in [2.05, 4.69) is 33.4 Å². The van der Waals surface area contributed by atoms with Gasteiger partial charge < -0.3 is 9.64 Å². The first kappa shape index (κ1) is 13.8. The first-order chi connectivity index (χ1) is 7.45. The van der Waals surface area contributed by atoms with Gasteiger partial charge in [0.25, 0.3) is 0 Å². The number of ether oxygens (including phenoxy) is 1. The molecule has 1 unspecified atom stereocenters. The van der Waals surface area contributed by atoms with Crippen LogP contribution in [0.3, 0.4) is 0 Å². The number of likely N-dealkylation sites (tertiary alicyclic amines) is 1. The fraction of sp³-hybridized carbons (Fsp3) is 0.917. The molecule has 4 heteroatoms. The number of amides is 1. The summed E-state index contributed by atoms with van der Waals surface area (Å²) in [4.78, 5) is 13.7. The number of nitrogens with zero attached hydrogens (tertiary/aromatic N) is 1. The fourth-order valence-corrected chi connectivity index (χ4v) is 2.04. The second-order valence-electron chi connectivity index (χ2n) is 5.44. The van der Waals surface area contributed by atoms with Crippen molar-refractivity contribution in [1.82, 2.24) is 4.90 Å². The van der Waals surface area contributed by atoms with Gasteiger partial charge in [0.15, 0.2) is 0 Å². The van der Waals surface area contributed by atoms with Gasteiger partial charge in [-0.3, -0.25) is 4.79 Å². The largest absolute Gasteiger partial charge is 0.379 e. The van der Waals surface area contributed by atoms with Crippen LogP contribution >= 0.6 is 12.6 Å². The highest BCUT2D eigenvalue weighted by atomic mass is 32.1. The average molecular weight is 245 g/mol. The highest BCUT2D eigenvalue weighted by Gasteiger charge is 2.36. The zero-order valence-electron chi connectivity index (χ0n) is 10.5. The zero-order chi connectivity index (χ0) is 12.2. The number of thiol groups is 1. The maximum atomic E-state index is 11.8. The van der Waals surface area contributed by atoms with Crippen LogP contribution in [0.4, 0.5) is 0 Å². The van der Waals surface area contributed by atoms with Crippen molar-refractivity contribution in [2.75, 3.05) is 32.1 Å². The molecular weight excluding hydrogens is 222 g/mol. The molecule has 1 atom stereocenters. The Morgan fingerprint density at radius 2 is 2.12 bits per heavy atom. The van der Waals surface area contributed by atoms with Gasteiger partial charge in [-0.2, -0.15) is 12.6 Å². The zero-order valence-corrected chi connectivity index (χ0v) is 11.4. The number of hydrogen-bond acceptors (Lipinski definition) is 3. The molecule has 0 spiro atoms. The Morgan fingerprint density at radius 3 is 2.62 bits per heavy atom. The van der Waals surface area contributed by atoms with Gasteiger partial charge in [-0.1, -0.05) is 20.8 Å². The Kier molecular flexibility index (Phi) is 5.12. The van der Waals surface area contributed by atoms with E-state index in [9.17, 15) is 4.79 Å². The number of carbonyl (C=O) groups excluding carboxylic acids is 1. The Balaban J connectivity index is 2.31. The highest BCUT2D eigenvalue weighted by molar-refractivity contribution is 7.80. The molecule has 0 aromatic heterocycles. The summed E-state index contributed by atoms with van der Waals surface area (Å²) in [6.45, 7) is 9.49. The van der Waals surface area contributed by atoms with E-state index >= 15 is 0 Å². The summed E-state index contributed by atoms with van der Waals surface area (Å²) in [6, 6.07) is 0. The fourth-order valence-electron chi connectivity index (χ4n) is 1.91. The van der Waals surface area contributed by atoms with Crippen molar-refractivity contribution in [2.24, 2.45) is 11.3 Å². The van der Waals surface area contributed by atoms with Gasteiger partial charge >= 0.3 is 0 Å². The molecule has 0 aromatic rings. The number of carbonyl (C=O) groups is 1. The molecule has 94 valence electrons. The number of rotatable bonds is 5. The van der Waals surface area contributed by atoms with Crippen molar-refractivity contribution < 1.29 is 9.53 Å². The van der Waals surface area contributed by atoms with E-state index < -0.39 is 0 Å². The first-order valence-corrected chi connectivity index (χ1v) is 6.54. The quantitative estimate of drug-likeness (QED) is 0.591. The van der Waals surface area contributed by atoms with E-state index in [-0.39, 0.29) is 11.3 Å². The molecule has 0 aromatic carbocycles. The van der Waals surface area contributed by atoms with E-state index in [4.69, 9.17) is 4.74 Å².